The van der Waals surface area contributed by atoms with Gasteiger partial charge in [-0.3, -0.25) is 14.7 Å². The van der Waals surface area contributed by atoms with Crippen molar-refractivity contribution in [1.82, 2.24) is 25.0 Å². The van der Waals surface area contributed by atoms with Gasteiger partial charge in [0.1, 0.15) is 0 Å². The molecule has 1 amide bonds. The first-order valence-corrected chi connectivity index (χ1v) is 13.9. The van der Waals surface area contributed by atoms with Gasteiger partial charge in [0.15, 0.2) is 5.82 Å². The van der Waals surface area contributed by atoms with Crippen LogP contribution in [0.15, 0.2) is 97.3 Å². The third-order valence-corrected chi connectivity index (χ3v) is 7.92. The van der Waals surface area contributed by atoms with E-state index in [4.69, 9.17) is 0 Å². The van der Waals surface area contributed by atoms with Crippen LogP contribution in [0.25, 0.3) is 11.3 Å². The summed E-state index contributed by atoms with van der Waals surface area (Å²) >= 11 is 0. The van der Waals surface area contributed by atoms with E-state index < -0.39 is 0 Å². The monoisotopic (exact) mass is 518 g/mol. The standard InChI is InChI=1S/C32H34N6O/c39-32(28-14-8-18-38(24-28)30-16-15-29(34-35-30)27-13-7-17-33-23-27)37-21-19-36(20-22-37)31(25-9-3-1-4-10-25)26-11-5-2-6-12-26/h1-7,9-13,15-17,23,28,31H,8,14,18-22,24H2. The van der Waals surface area contributed by atoms with Crippen LogP contribution in [0.4, 0.5) is 5.82 Å². The molecule has 1 atom stereocenters. The maximum Gasteiger partial charge on any atom is 0.227 e. The Kier molecular flexibility index (Phi) is 7.59. The van der Waals surface area contributed by atoms with Crippen molar-refractivity contribution in [2.24, 2.45) is 5.92 Å². The molecule has 2 aromatic heterocycles. The Morgan fingerprint density at radius 3 is 2.10 bits per heavy atom. The maximum absolute atomic E-state index is 13.6. The second kappa shape index (κ2) is 11.7. The SMILES string of the molecule is O=C(C1CCCN(c2ccc(-c3cccnc3)nn2)C1)N1CCN(C(c2ccccc2)c2ccccc2)CC1. The Hall–Kier alpha value is -4.10. The average Bonchev–Trinajstić information content (AvgIpc) is 3.03. The Morgan fingerprint density at radius 2 is 1.49 bits per heavy atom. The van der Waals surface area contributed by atoms with Gasteiger partial charge in [-0.2, -0.15) is 0 Å². The fourth-order valence-corrected chi connectivity index (χ4v) is 5.89. The molecular formula is C32H34N6O. The molecule has 0 saturated carbocycles. The average molecular weight is 519 g/mol. The lowest BCUT2D eigenvalue weighted by Crippen LogP contribution is -2.53. The number of pyridine rings is 1. The van der Waals surface area contributed by atoms with E-state index in [-0.39, 0.29) is 17.9 Å². The molecule has 2 aliphatic rings. The Balaban J connectivity index is 1.09. The summed E-state index contributed by atoms with van der Waals surface area (Å²) in [6, 6.07) is 29.5. The van der Waals surface area contributed by atoms with Crippen LogP contribution in [0.1, 0.15) is 30.0 Å². The zero-order valence-corrected chi connectivity index (χ0v) is 22.1. The first-order chi connectivity index (χ1) is 19.3. The predicted molar refractivity (Wildman–Crippen MR) is 153 cm³/mol. The summed E-state index contributed by atoms with van der Waals surface area (Å²) in [7, 11) is 0. The molecule has 0 spiro atoms. The lowest BCUT2D eigenvalue weighted by Gasteiger charge is -2.42. The van der Waals surface area contributed by atoms with E-state index >= 15 is 0 Å². The van der Waals surface area contributed by atoms with E-state index in [9.17, 15) is 4.79 Å². The van der Waals surface area contributed by atoms with Crippen LogP contribution in [-0.4, -0.2) is 70.2 Å². The number of rotatable bonds is 6. The summed E-state index contributed by atoms with van der Waals surface area (Å²) < 4.78 is 0. The van der Waals surface area contributed by atoms with Crippen LogP contribution in [0.5, 0.6) is 0 Å². The van der Waals surface area contributed by atoms with Gasteiger partial charge in [-0.05, 0) is 48.2 Å². The summed E-state index contributed by atoms with van der Waals surface area (Å²) in [4.78, 5) is 24.6. The molecule has 2 aromatic carbocycles. The number of carbonyl (C=O) groups is 1. The number of benzene rings is 2. The molecule has 0 radical (unpaired) electrons. The van der Waals surface area contributed by atoms with Gasteiger partial charge in [0.05, 0.1) is 17.7 Å². The van der Waals surface area contributed by atoms with E-state index in [0.717, 1.165) is 62.6 Å². The predicted octanol–water partition coefficient (Wildman–Crippen LogP) is 4.69. The number of hydrogen-bond donors (Lipinski definition) is 0. The fourth-order valence-electron chi connectivity index (χ4n) is 5.89. The summed E-state index contributed by atoms with van der Waals surface area (Å²) in [6.07, 6.45) is 5.45. The largest absolute Gasteiger partial charge is 0.354 e. The minimum Gasteiger partial charge on any atom is -0.354 e. The molecule has 7 nitrogen and oxygen atoms in total. The second-order valence-electron chi connectivity index (χ2n) is 10.4. The molecule has 7 heteroatoms. The van der Waals surface area contributed by atoms with Gasteiger partial charge in [-0.25, -0.2) is 0 Å². The molecule has 0 aliphatic carbocycles. The quantitative estimate of drug-likeness (QED) is 0.369. The molecule has 198 valence electrons. The van der Waals surface area contributed by atoms with E-state index in [1.807, 2.05) is 24.3 Å². The molecule has 39 heavy (non-hydrogen) atoms. The number of carbonyl (C=O) groups excluding carboxylic acids is 1. The first kappa shape index (κ1) is 25.2. The first-order valence-electron chi connectivity index (χ1n) is 13.9. The normalized spacial score (nSPS) is 18.3. The topological polar surface area (TPSA) is 65.5 Å². The highest BCUT2D eigenvalue weighted by Crippen LogP contribution is 2.30. The minimum atomic E-state index is -0.0101. The third-order valence-electron chi connectivity index (χ3n) is 7.92. The van der Waals surface area contributed by atoms with Crippen molar-refractivity contribution in [1.29, 1.82) is 0 Å². The highest BCUT2D eigenvalue weighted by Gasteiger charge is 2.33. The number of amides is 1. The minimum absolute atomic E-state index is 0.0101. The highest BCUT2D eigenvalue weighted by atomic mass is 16.2. The number of hydrogen-bond acceptors (Lipinski definition) is 6. The van der Waals surface area contributed by atoms with Gasteiger partial charge < -0.3 is 9.80 Å². The van der Waals surface area contributed by atoms with Crippen LogP contribution in [0.3, 0.4) is 0 Å². The van der Waals surface area contributed by atoms with Gasteiger partial charge in [0.25, 0.3) is 0 Å². The number of aromatic nitrogens is 3. The lowest BCUT2D eigenvalue weighted by molar-refractivity contribution is -0.137. The van der Waals surface area contributed by atoms with Crippen molar-refractivity contribution in [2.75, 3.05) is 44.2 Å². The molecular weight excluding hydrogens is 484 g/mol. The van der Waals surface area contributed by atoms with Crippen LogP contribution in [-0.2, 0) is 4.79 Å². The van der Waals surface area contributed by atoms with Gasteiger partial charge in [-0.15, -0.1) is 10.2 Å². The molecule has 1 unspecified atom stereocenters. The van der Waals surface area contributed by atoms with Gasteiger partial charge in [0.2, 0.25) is 5.91 Å². The third kappa shape index (κ3) is 5.68. The van der Waals surface area contributed by atoms with Crippen molar-refractivity contribution >= 4 is 11.7 Å². The molecule has 4 aromatic rings. The zero-order valence-electron chi connectivity index (χ0n) is 22.1. The maximum atomic E-state index is 13.6. The Bertz CT molecular complexity index is 1300. The number of piperazine rings is 1. The van der Waals surface area contributed by atoms with Crippen molar-refractivity contribution < 1.29 is 4.79 Å². The molecule has 6 rings (SSSR count). The molecule has 0 bridgehead atoms. The van der Waals surface area contributed by atoms with Crippen molar-refractivity contribution in [3.05, 3.63) is 108 Å². The van der Waals surface area contributed by atoms with Crippen molar-refractivity contribution in [2.45, 2.75) is 18.9 Å². The lowest BCUT2D eigenvalue weighted by atomic mass is 9.95. The summed E-state index contributed by atoms with van der Waals surface area (Å²) in [6.45, 7) is 4.82. The van der Waals surface area contributed by atoms with E-state index in [2.05, 4.69) is 90.5 Å². The van der Waals surface area contributed by atoms with Crippen molar-refractivity contribution in [3.8, 4) is 11.3 Å². The van der Waals surface area contributed by atoms with Crippen LogP contribution >= 0.6 is 0 Å². The Morgan fingerprint density at radius 1 is 0.769 bits per heavy atom. The second-order valence-corrected chi connectivity index (χ2v) is 10.4. The fraction of sp³-hybridized carbons (Fsp3) is 0.312. The molecule has 2 fully saturated rings. The number of nitrogens with zero attached hydrogens (tertiary/aromatic N) is 6. The van der Waals surface area contributed by atoms with E-state index in [0.29, 0.717) is 6.54 Å². The Labute approximate surface area is 230 Å². The highest BCUT2D eigenvalue weighted by molar-refractivity contribution is 5.80. The molecule has 2 aliphatic heterocycles. The van der Waals surface area contributed by atoms with Crippen LogP contribution < -0.4 is 4.90 Å². The zero-order chi connectivity index (χ0) is 26.4. The molecule has 0 N–H and O–H groups in total. The number of piperidine rings is 1. The molecule has 4 heterocycles. The van der Waals surface area contributed by atoms with Gasteiger partial charge in [-0.1, -0.05) is 60.7 Å². The van der Waals surface area contributed by atoms with E-state index in [1.54, 1.807) is 12.4 Å². The smallest absolute Gasteiger partial charge is 0.227 e. The van der Waals surface area contributed by atoms with Crippen molar-refractivity contribution in [3.63, 3.8) is 0 Å². The molecule has 2 saturated heterocycles. The summed E-state index contributed by atoms with van der Waals surface area (Å²) in [5.74, 6) is 1.10. The van der Waals surface area contributed by atoms with Gasteiger partial charge in [0, 0.05) is 57.2 Å². The van der Waals surface area contributed by atoms with Crippen LogP contribution in [0, 0.1) is 5.92 Å². The number of anilines is 1. The van der Waals surface area contributed by atoms with Crippen LogP contribution in [0.2, 0.25) is 0 Å². The summed E-state index contributed by atoms with van der Waals surface area (Å²) in [5.41, 5.74) is 4.34. The summed E-state index contributed by atoms with van der Waals surface area (Å²) in [5, 5.41) is 8.91. The van der Waals surface area contributed by atoms with Gasteiger partial charge >= 0.3 is 0 Å². The van der Waals surface area contributed by atoms with E-state index in [1.165, 1.54) is 11.1 Å².